The Kier molecular flexibility index (Phi) is 4.55. The summed E-state index contributed by atoms with van der Waals surface area (Å²) in [6, 6.07) is 12.9. The molecule has 0 spiro atoms. The van der Waals surface area contributed by atoms with Gasteiger partial charge in [-0.05, 0) is 30.2 Å². The molecule has 0 unspecified atom stereocenters. The van der Waals surface area contributed by atoms with Crippen molar-refractivity contribution in [3.63, 3.8) is 0 Å². The summed E-state index contributed by atoms with van der Waals surface area (Å²) in [5.74, 6) is -0.202. The zero-order valence-electron chi connectivity index (χ0n) is 11.9. The van der Waals surface area contributed by atoms with Crippen LogP contribution in [0.3, 0.4) is 0 Å². The number of sulfonamides is 2. The lowest BCUT2D eigenvalue weighted by molar-refractivity contribution is 0.595. The van der Waals surface area contributed by atoms with Gasteiger partial charge >= 0.3 is 0 Å². The largest absolute Gasteiger partial charge is 0.283 e. The van der Waals surface area contributed by atoms with Crippen molar-refractivity contribution in [3.05, 3.63) is 59.7 Å². The second-order valence-electron chi connectivity index (χ2n) is 4.87. The maximum atomic E-state index is 12.1. The van der Waals surface area contributed by atoms with Gasteiger partial charge in [0, 0.05) is 5.69 Å². The predicted molar refractivity (Wildman–Crippen MR) is 85.2 cm³/mol. The fraction of sp³-hybridized carbons (Fsp3) is 0.143. The standard InChI is InChI=1S/C14H16N2O4S2/c1-11-7-8-13(9-14(11)22(15,19)20)16-21(17,18)10-12-5-3-2-4-6-12/h2-9,16H,10H2,1H3,(H2,15,19,20). The maximum absolute atomic E-state index is 12.1. The molecule has 0 atom stereocenters. The minimum atomic E-state index is -3.91. The third-order valence-corrected chi connectivity index (χ3v) is 5.28. The van der Waals surface area contributed by atoms with Gasteiger partial charge in [-0.1, -0.05) is 36.4 Å². The van der Waals surface area contributed by atoms with E-state index >= 15 is 0 Å². The SMILES string of the molecule is Cc1ccc(NS(=O)(=O)Cc2ccccc2)cc1S(N)(=O)=O. The van der Waals surface area contributed by atoms with E-state index in [0.29, 0.717) is 11.1 Å². The van der Waals surface area contributed by atoms with Crippen molar-refractivity contribution < 1.29 is 16.8 Å². The van der Waals surface area contributed by atoms with Gasteiger partial charge in [-0.2, -0.15) is 0 Å². The minimum absolute atomic E-state index is 0.104. The van der Waals surface area contributed by atoms with E-state index in [1.165, 1.54) is 18.2 Å². The molecular formula is C14H16N2O4S2. The van der Waals surface area contributed by atoms with Crippen LogP contribution in [-0.4, -0.2) is 16.8 Å². The lowest BCUT2D eigenvalue weighted by Crippen LogP contribution is -2.17. The van der Waals surface area contributed by atoms with Crippen LogP contribution in [-0.2, 0) is 25.8 Å². The quantitative estimate of drug-likeness (QED) is 0.862. The monoisotopic (exact) mass is 340 g/mol. The first-order chi connectivity index (χ1) is 10.2. The van der Waals surface area contributed by atoms with Gasteiger partial charge in [0.25, 0.3) is 0 Å². The second kappa shape index (κ2) is 6.07. The van der Waals surface area contributed by atoms with Crippen LogP contribution in [0, 0.1) is 6.92 Å². The first-order valence-corrected chi connectivity index (χ1v) is 9.55. The van der Waals surface area contributed by atoms with Gasteiger partial charge in [0.2, 0.25) is 20.0 Å². The molecule has 0 bridgehead atoms. The molecule has 0 saturated heterocycles. The highest BCUT2D eigenvalue weighted by Gasteiger charge is 2.16. The summed E-state index contributed by atoms with van der Waals surface area (Å²) in [4.78, 5) is -0.104. The Morgan fingerprint density at radius 3 is 2.23 bits per heavy atom. The maximum Gasteiger partial charge on any atom is 0.238 e. The normalized spacial score (nSPS) is 12.1. The number of rotatable bonds is 5. The van der Waals surface area contributed by atoms with Crippen LogP contribution in [0.4, 0.5) is 5.69 Å². The molecule has 0 radical (unpaired) electrons. The summed E-state index contributed by atoms with van der Waals surface area (Å²) in [5.41, 5.74) is 1.24. The summed E-state index contributed by atoms with van der Waals surface area (Å²) in [6.45, 7) is 1.59. The number of benzene rings is 2. The zero-order chi connectivity index (χ0) is 16.4. The fourth-order valence-electron chi connectivity index (χ4n) is 1.98. The van der Waals surface area contributed by atoms with Crippen molar-refractivity contribution in [2.75, 3.05) is 4.72 Å². The van der Waals surface area contributed by atoms with Crippen LogP contribution in [0.5, 0.6) is 0 Å². The molecule has 0 aliphatic heterocycles. The minimum Gasteiger partial charge on any atom is -0.283 e. The van der Waals surface area contributed by atoms with Gasteiger partial charge in [-0.25, -0.2) is 22.0 Å². The summed E-state index contributed by atoms with van der Waals surface area (Å²) in [7, 11) is -7.55. The molecule has 0 aromatic heterocycles. The second-order valence-corrected chi connectivity index (χ2v) is 8.12. The number of hydrogen-bond acceptors (Lipinski definition) is 4. The molecule has 8 heteroatoms. The van der Waals surface area contributed by atoms with E-state index in [9.17, 15) is 16.8 Å². The highest BCUT2D eigenvalue weighted by atomic mass is 32.2. The first-order valence-electron chi connectivity index (χ1n) is 6.35. The lowest BCUT2D eigenvalue weighted by atomic mass is 10.2. The van der Waals surface area contributed by atoms with Crippen LogP contribution in [0.25, 0.3) is 0 Å². The lowest BCUT2D eigenvalue weighted by Gasteiger charge is -2.10. The highest BCUT2D eigenvalue weighted by Crippen LogP contribution is 2.20. The molecule has 2 aromatic rings. The topological polar surface area (TPSA) is 106 Å². The average molecular weight is 340 g/mol. The van der Waals surface area contributed by atoms with E-state index in [0.717, 1.165) is 0 Å². The highest BCUT2D eigenvalue weighted by molar-refractivity contribution is 7.92. The summed E-state index contributed by atoms with van der Waals surface area (Å²) in [5, 5.41) is 5.11. The van der Waals surface area contributed by atoms with Gasteiger partial charge in [0.15, 0.2) is 0 Å². The summed E-state index contributed by atoms with van der Waals surface area (Å²) < 4.78 is 49.5. The third-order valence-electron chi connectivity index (χ3n) is 2.97. The van der Waals surface area contributed by atoms with Gasteiger partial charge in [0.1, 0.15) is 0 Å². The number of nitrogens with two attached hydrogens (primary N) is 1. The van der Waals surface area contributed by atoms with Crippen molar-refractivity contribution in [3.8, 4) is 0 Å². The molecular weight excluding hydrogens is 324 g/mol. The van der Waals surface area contributed by atoms with Crippen LogP contribution in [0.15, 0.2) is 53.4 Å². The Bertz CT molecular complexity index is 876. The average Bonchev–Trinajstić information content (AvgIpc) is 2.40. The van der Waals surface area contributed by atoms with Crippen LogP contribution < -0.4 is 9.86 Å². The Balaban J connectivity index is 2.27. The Morgan fingerprint density at radius 2 is 1.64 bits per heavy atom. The van der Waals surface area contributed by atoms with Crippen molar-refractivity contribution in [1.82, 2.24) is 0 Å². The van der Waals surface area contributed by atoms with Crippen LogP contribution in [0.1, 0.15) is 11.1 Å². The van der Waals surface area contributed by atoms with E-state index in [4.69, 9.17) is 5.14 Å². The van der Waals surface area contributed by atoms with E-state index in [-0.39, 0.29) is 16.3 Å². The molecule has 118 valence electrons. The first kappa shape index (κ1) is 16.5. The molecule has 2 aromatic carbocycles. The van der Waals surface area contributed by atoms with Crippen molar-refractivity contribution in [2.45, 2.75) is 17.6 Å². The van der Waals surface area contributed by atoms with Gasteiger partial charge in [0.05, 0.1) is 10.6 Å². The Hall–Kier alpha value is -1.90. The molecule has 0 aliphatic carbocycles. The Labute approximate surface area is 130 Å². The van der Waals surface area contributed by atoms with Gasteiger partial charge in [-0.3, -0.25) is 4.72 Å². The molecule has 0 saturated carbocycles. The molecule has 22 heavy (non-hydrogen) atoms. The van der Waals surface area contributed by atoms with E-state index in [1.807, 2.05) is 0 Å². The van der Waals surface area contributed by atoms with E-state index in [1.54, 1.807) is 37.3 Å². The molecule has 0 aliphatic rings. The van der Waals surface area contributed by atoms with Crippen LogP contribution >= 0.6 is 0 Å². The number of nitrogens with one attached hydrogen (secondary N) is 1. The van der Waals surface area contributed by atoms with Crippen LogP contribution in [0.2, 0.25) is 0 Å². The van der Waals surface area contributed by atoms with Crippen molar-refractivity contribution >= 4 is 25.7 Å². The number of aryl methyl sites for hydroxylation is 1. The molecule has 6 nitrogen and oxygen atoms in total. The molecule has 0 heterocycles. The van der Waals surface area contributed by atoms with Crippen molar-refractivity contribution in [2.24, 2.45) is 5.14 Å². The Morgan fingerprint density at radius 1 is 1.00 bits per heavy atom. The van der Waals surface area contributed by atoms with Gasteiger partial charge in [-0.15, -0.1) is 0 Å². The predicted octanol–water partition coefficient (Wildman–Crippen LogP) is 1.58. The number of primary sulfonamides is 1. The molecule has 3 N–H and O–H groups in total. The smallest absolute Gasteiger partial charge is 0.238 e. The van der Waals surface area contributed by atoms with Crippen molar-refractivity contribution in [1.29, 1.82) is 0 Å². The fourth-order valence-corrected chi connectivity index (χ4v) is 3.98. The van der Waals surface area contributed by atoms with E-state index in [2.05, 4.69) is 4.72 Å². The summed E-state index contributed by atoms with van der Waals surface area (Å²) >= 11 is 0. The third kappa shape index (κ3) is 4.30. The molecule has 0 fully saturated rings. The summed E-state index contributed by atoms with van der Waals surface area (Å²) in [6.07, 6.45) is 0. The molecule has 0 amide bonds. The molecule has 2 rings (SSSR count). The number of hydrogen-bond donors (Lipinski definition) is 2. The zero-order valence-corrected chi connectivity index (χ0v) is 13.5. The number of anilines is 1. The van der Waals surface area contributed by atoms with E-state index < -0.39 is 20.0 Å². The van der Waals surface area contributed by atoms with Gasteiger partial charge < -0.3 is 0 Å².